The molecule has 0 bridgehead atoms. The van der Waals surface area contributed by atoms with E-state index in [1.807, 2.05) is 13.0 Å². The van der Waals surface area contributed by atoms with Crippen LogP contribution in [0.4, 0.5) is 11.4 Å². The lowest BCUT2D eigenvalue weighted by Crippen LogP contribution is -2.15. The summed E-state index contributed by atoms with van der Waals surface area (Å²) in [6, 6.07) is 9.70. The zero-order chi connectivity index (χ0) is 17.7. The number of carbonyl (C=O) groups excluding carboxylic acids is 1. The van der Waals surface area contributed by atoms with Crippen LogP contribution in [0.25, 0.3) is 0 Å². The number of amides is 1. The number of benzene rings is 2. The Bertz CT molecular complexity index is 774. The fourth-order valence-electron chi connectivity index (χ4n) is 2.33. The minimum Gasteiger partial charge on any atom is -0.496 e. The Morgan fingerprint density at radius 2 is 1.92 bits per heavy atom. The summed E-state index contributed by atoms with van der Waals surface area (Å²) < 4.78 is 10.1. The standard InChI is InChI=1S/C17H18N2O5/c1-11-8-12(4-7-16(11)24-3)9-17(20)18-14-6-5-13(23-2)10-15(14)19(21)22/h4-8,10H,9H2,1-3H3,(H,18,20). The van der Waals surface area contributed by atoms with Crippen LogP contribution in [-0.4, -0.2) is 25.1 Å². The van der Waals surface area contributed by atoms with Gasteiger partial charge in [-0.25, -0.2) is 0 Å². The third-order valence-electron chi connectivity index (χ3n) is 3.50. The molecule has 0 radical (unpaired) electrons. The molecule has 0 saturated carbocycles. The van der Waals surface area contributed by atoms with Gasteiger partial charge in [-0.2, -0.15) is 0 Å². The first kappa shape index (κ1) is 17.3. The number of methoxy groups -OCH3 is 2. The number of nitrogens with one attached hydrogen (secondary N) is 1. The van der Waals surface area contributed by atoms with Crippen molar-refractivity contribution >= 4 is 17.3 Å². The first-order chi connectivity index (χ1) is 11.4. The maximum absolute atomic E-state index is 12.2. The van der Waals surface area contributed by atoms with Crippen molar-refractivity contribution < 1.29 is 19.2 Å². The van der Waals surface area contributed by atoms with Crippen molar-refractivity contribution in [2.45, 2.75) is 13.3 Å². The number of nitro benzene ring substituents is 1. The highest BCUT2D eigenvalue weighted by Gasteiger charge is 2.17. The van der Waals surface area contributed by atoms with Gasteiger partial charge in [0.15, 0.2) is 0 Å². The third kappa shape index (κ3) is 4.01. The average Bonchev–Trinajstić information content (AvgIpc) is 2.55. The van der Waals surface area contributed by atoms with Crippen molar-refractivity contribution in [3.8, 4) is 11.5 Å². The molecule has 0 spiro atoms. The molecule has 0 saturated heterocycles. The van der Waals surface area contributed by atoms with Gasteiger partial charge in [0, 0.05) is 0 Å². The van der Waals surface area contributed by atoms with Crippen LogP contribution in [-0.2, 0) is 11.2 Å². The van der Waals surface area contributed by atoms with Crippen LogP contribution in [0.1, 0.15) is 11.1 Å². The Morgan fingerprint density at radius 1 is 1.17 bits per heavy atom. The number of anilines is 1. The van der Waals surface area contributed by atoms with Crippen molar-refractivity contribution in [2.24, 2.45) is 0 Å². The fraction of sp³-hybridized carbons (Fsp3) is 0.235. The van der Waals surface area contributed by atoms with E-state index in [9.17, 15) is 14.9 Å². The summed E-state index contributed by atoms with van der Waals surface area (Å²) in [6.45, 7) is 1.88. The molecule has 126 valence electrons. The van der Waals surface area contributed by atoms with Crippen molar-refractivity contribution in [1.82, 2.24) is 0 Å². The maximum Gasteiger partial charge on any atom is 0.296 e. The van der Waals surface area contributed by atoms with Crippen LogP contribution in [0.3, 0.4) is 0 Å². The van der Waals surface area contributed by atoms with Crippen LogP contribution < -0.4 is 14.8 Å². The van der Waals surface area contributed by atoms with E-state index >= 15 is 0 Å². The summed E-state index contributed by atoms with van der Waals surface area (Å²) in [5.74, 6) is 0.753. The second-order valence-electron chi connectivity index (χ2n) is 5.17. The highest BCUT2D eigenvalue weighted by Crippen LogP contribution is 2.29. The monoisotopic (exact) mass is 330 g/mol. The fourth-order valence-corrected chi connectivity index (χ4v) is 2.33. The van der Waals surface area contributed by atoms with Gasteiger partial charge in [-0.05, 0) is 36.2 Å². The van der Waals surface area contributed by atoms with Gasteiger partial charge in [0.2, 0.25) is 5.91 Å². The topological polar surface area (TPSA) is 90.7 Å². The molecule has 0 atom stereocenters. The van der Waals surface area contributed by atoms with E-state index in [0.717, 1.165) is 16.9 Å². The first-order valence-corrected chi connectivity index (χ1v) is 7.20. The lowest BCUT2D eigenvalue weighted by atomic mass is 10.1. The SMILES string of the molecule is COc1ccc(NC(=O)Cc2ccc(OC)c(C)c2)c([N+](=O)[O-])c1. The molecule has 7 heteroatoms. The normalized spacial score (nSPS) is 10.1. The van der Waals surface area contributed by atoms with Gasteiger partial charge in [-0.15, -0.1) is 0 Å². The lowest BCUT2D eigenvalue weighted by Gasteiger charge is -2.09. The molecule has 0 heterocycles. The Morgan fingerprint density at radius 3 is 2.50 bits per heavy atom. The Labute approximate surface area is 139 Å². The van der Waals surface area contributed by atoms with Gasteiger partial charge in [0.1, 0.15) is 17.2 Å². The summed E-state index contributed by atoms with van der Waals surface area (Å²) in [5.41, 5.74) is 1.63. The highest BCUT2D eigenvalue weighted by molar-refractivity contribution is 5.94. The van der Waals surface area contributed by atoms with Crippen molar-refractivity contribution in [3.05, 3.63) is 57.6 Å². The molecule has 0 aromatic heterocycles. The number of hydrogen-bond donors (Lipinski definition) is 1. The number of aryl methyl sites for hydroxylation is 1. The van der Waals surface area contributed by atoms with Gasteiger partial charge < -0.3 is 14.8 Å². The van der Waals surface area contributed by atoms with Gasteiger partial charge >= 0.3 is 0 Å². The molecule has 1 N–H and O–H groups in total. The van der Waals surface area contributed by atoms with Gasteiger partial charge in [0.25, 0.3) is 5.69 Å². The van der Waals surface area contributed by atoms with Gasteiger partial charge in [-0.3, -0.25) is 14.9 Å². The van der Waals surface area contributed by atoms with Gasteiger partial charge in [0.05, 0.1) is 31.6 Å². The van der Waals surface area contributed by atoms with E-state index in [1.165, 1.54) is 19.2 Å². The predicted molar refractivity (Wildman–Crippen MR) is 89.7 cm³/mol. The number of ether oxygens (including phenoxy) is 2. The van der Waals surface area contributed by atoms with Crippen molar-refractivity contribution in [1.29, 1.82) is 0 Å². The molecular weight excluding hydrogens is 312 g/mol. The van der Waals surface area contributed by atoms with E-state index in [2.05, 4.69) is 5.32 Å². The molecule has 2 aromatic rings. The predicted octanol–water partition coefficient (Wildman–Crippen LogP) is 3.10. The number of rotatable bonds is 6. The molecule has 0 aliphatic rings. The molecule has 1 amide bonds. The van der Waals surface area contributed by atoms with E-state index in [1.54, 1.807) is 25.3 Å². The zero-order valence-corrected chi connectivity index (χ0v) is 13.7. The molecule has 0 aliphatic carbocycles. The maximum atomic E-state index is 12.2. The summed E-state index contributed by atoms with van der Waals surface area (Å²) in [7, 11) is 3.00. The second-order valence-corrected chi connectivity index (χ2v) is 5.17. The van der Waals surface area contributed by atoms with E-state index < -0.39 is 4.92 Å². The molecule has 0 fully saturated rings. The van der Waals surface area contributed by atoms with Crippen molar-refractivity contribution in [2.75, 3.05) is 19.5 Å². The summed E-state index contributed by atoms with van der Waals surface area (Å²) in [4.78, 5) is 22.8. The number of nitro groups is 1. The van der Waals surface area contributed by atoms with E-state index in [4.69, 9.17) is 9.47 Å². The van der Waals surface area contributed by atoms with Crippen molar-refractivity contribution in [3.63, 3.8) is 0 Å². The summed E-state index contributed by atoms with van der Waals surface area (Å²) >= 11 is 0. The molecule has 0 unspecified atom stereocenters. The van der Waals surface area contributed by atoms with Crippen LogP contribution >= 0.6 is 0 Å². The molecule has 0 aliphatic heterocycles. The lowest BCUT2D eigenvalue weighted by molar-refractivity contribution is -0.384. The van der Waals surface area contributed by atoms with Crippen LogP contribution in [0.5, 0.6) is 11.5 Å². The molecule has 2 rings (SSSR count). The minimum absolute atomic E-state index is 0.105. The second kappa shape index (κ2) is 7.45. The first-order valence-electron chi connectivity index (χ1n) is 7.20. The Balaban J connectivity index is 2.15. The zero-order valence-electron chi connectivity index (χ0n) is 13.7. The van der Waals surface area contributed by atoms with E-state index in [0.29, 0.717) is 5.75 Å². The quantitative estimate of drug-likeness (QED) is 0.649. The smallest absolute Gasteiger partial charge is 0.296 e. The molecule has 2 aromatic carbocycles. The van der Waals surface area contributed by atoms with Crippen LogP contribution in [0, 0.1) is 17.0 Å². The van der Waals surface area contributed by atoms with E-state index in [-0.39, 0.29) is 23.7 Å². The van der Waals surface area contributed by atoms with Crippen LogP contribution in [0.15, 0.2) is 36.4 Å². The minimum atomic E-state index is -0.560. The number of nitrogens with zero attached hydrogens (tertiary/aromatic N) is 1. The largest absolute Gasteiger partial charge is 0.496 e. The summed E-state index contributed by atoms with van der Waals surface area (Å²) in [5, 5.41) is 13.7. The molecule has 24 heavy (non-hydrogen) atoms. The highest BCUT2D eigenvalue weighted by atomic mass is 16.6. The average molecular weight is 330 g/mol. The Kier molecular flexibility index (Phi) is 5.36. The van der Waals surface area contributed by atoms with Gasteiger partial charge in [-0.1, -0.05) is 12.1 Å². The Hall–Kier alpha value is -3.09. The van der Waals surface area contributed by atoms with Crippen LogP contribution in [0.2, 0.25) is 0 Å². The summed E-state index contributed by atoms with van der Waals surface area (Å²) in [6.07, 6.45) is 0.105. The molecular formula is C17H18N2O5. The number of carbonyl (C=O) groups is 1. The molecule has 7 nitrogen and oxygen atoms in total. The number of hydrogen-bond acceptors (Lipinski definition) is 5. The third-order valence-corrected chi connectivity index (χ3v) is 3.50.